The van der Waals surface area contributed by atoms with Crippen LogP contribution < -0.4 is 0 Å². The van der Waals surface area contributed by atoms with Crippen molar-refractivity contribution in [2.24, 2.45) is 0 Å². The van der Waals surface area contributed by atoms with Gasteiger partial charge in [-0.3, -0.25) is 4.90 Å². The molecule has 0 radical (unpaired) electrons. The molecule has 1 aliphatic carbocycles. The zero-order valence-corrected chi connectivity index (χ0v) is 11.8. The van der Waals surface area contributed by atoms with Gasteiger partial charge in [-0.25, -0.2) is 0 Å². The lowest BCUT2D eigenvalue weighted by Crippen LogP contribution is -2.44. The molecule has 1 N–H and O–H groups in total. The first-order valence-electron chi connectivity index (χ1n) is 7.77. The topological polar surface area (TPSA) is 23.5 Å². The van der Waals surface area contributed by atoms with Gasteiger partial charge in [0.15, 0.2) is 0 Å². The van der Waals surface area contributed by atoms with Crippen LogP contribution in [0.15, 0.2) is 24.3 Å². The zero-order valence-electron chi connectivity index (χ0n) is 11.8. The summed E-state index contributed by atoms with van der Waals surface area (Å²) in [6, 6.07) is 8.79. The average Bonchev–Trinajstić information content (AvgIpc) is 2.60. The quantitative estimate of drug-likeness (QED) is 0.882. The van der Waals surface area contributed by atoms with Crippen LogP contribution in [-0.2, 0) is 13.0 Å². The van der Waals surface area contributed by atoms with E-state index in [0.717, 1.165) is 32.5 Å². The third-order valence-electron chi connectivity index (χ3n) is 4.73. The van der Waals surface area contributed by atoms with E-state index in [1.165, 1.54) is 43.2 Å². The predicted molar refractivity (Wildman–Crippen MR) is 78.1 cm³/mol. The number of β-amino-alcohol motifs (C(OH)–C–C–N with tert-alkyl or cyclic N) is 1. The Labute approximate surface area is 116 Å². The lowest BCUT2D eigenvalue weighted by atomic mass is 9.84. The van der Waals surface area contributed by atoms with E-state index in [-0.39, 0.29) is 0 Å². The average molecular weight is 259 g/mol. The van der Waals surface area contributed by atoms with Crippen LogP contribution in [0, 0.1) is 0 Å². The molecule has 1 fully saturated rings. The van der Waals surface area contributed by atoms with Gasteiger partial charge in [0.05, 0.1) is 5.60 Å². The monoisotopic (exact) mass is 259 g/mol. The highest BCUT2D eigenvalue weighted by Gasteiger charge is 2.31. The second kappa shape index (κ2) is 5.64. The van der Waals surface area contributed by atoms with E-state index in [2.05, 4.69) is 29.2 Å². The van der Waals surface area contributed by atoms with Gasteiger partial charge in [-0.05, 0) is 43.4 Å². The van der Waals surface area contributed by atoms with E-state index >= 15 is 0 Å². The fourth-order valence-electron chi connectivity index (χ4n) is 3.69. The van der Waals surface area contributed by atoms with Crippen molar-refractivity contribution in [1.29, 1.82) is 0 Å². The molecule has 3 rings (SSSR count). The van der Waals surface area contributed by atoms with Crippen molar-refractivity contribution in [3.8, 4) is 0 Å². The lowest BCUT2D eigenvalue weighted by Gasteiger charge is -2.36. The van der Waals surface area contributed by atoms with Gasteiger partial charge in [-0.15, -0.1) is 0 Å². The Bertz CT molecular complexity index is 423. The van der Waals surface area contributed by atoms with Crippen molar-refractivity contribution in [2.45, 2.75) is 57.1 Å². The Balaban J connectivity index is 1.69. The summed E-state index contributed by atoms with van der Waals surface area (Å²) in [5.41, 5.74) is 2.54. The summed E-state index contributed by atoms with van der Waals surface area (Å²) in [6.45, 7) is 3.00. The number of nitrogens with zero attached hydrogens (tertiary/aromatic N) is 1. The first-order chi connectivity index (χ1) is 9.25. The van der Waals surface area contributed by atoms with Gasteiger partial charge in [-0.1, -0.05) is 43.5 Å². The van der Waals surface area contributed by atoms with Gasteiger partial charge >= 0.3 is 0 Å². The maximum Gasteiger partial charge on any atom is 0.0774 e. The van der Waals surface area contributed by atoms with Crippen LogP contribution in [0.25, 0.3) is 0 Å². The number of hydrogen-bond acceptors (Lipinski definition) is 2. The summed E-state index contributed by atoms with van der Waals surface area (Å²) in [4.78, 5) is 2.47. The molecule has 0 saturated heterocycles. The molecule has 104 valence electrons. The molecular weight excluding hydrogens is 234 g/mol. The highest BCUT2D eigenvalue weighted by molar-refractivity contribution is 5.28. The van der Waals surface area contributed by atoms with Crippen molar-refractivity contribution in [3.63, 3.8) is 0 Å². The number of aryl methyl sites for hydroxylation is 1. The van der Waals surface area contributed by atoms with Crippen molar-refractivity contribution in [2.75, 3.05) is 13.1 Å². The Morgan fingerprint density at radius 3 is 2.53 bits per heavy atom. The molecule has 0 atom stereocenters. The fraction of sp³-hybridized carbons (Fsp3) is 0.647. The molecule has 0 spiro atoms. The summed E-state index contributed by atoms with van der Waals surface area (Å²) in [6.07, 6.45) is 8.07. The maximum atomic E-state index is 10.7. The number of aliphatic hydroxyl groups is 1. The molecule has 0 aromatic heterocycles. The molecule has 1 saturated carbocycles. The second-order valence-electron chi connectivity index (χ2n) is 6.37. The molecule has 0 unspecified atom stereocenters. The van der Waals surface area contributed by atoms with E-state index in [0.29, 0.717) is 0 Å². The number of rotatable bonds is 2. The van der Waals surface area contributed by atoms with Crippen LogP contribution in [0.1, 0.15) is 49.7 Å². The number of benzene rings is 1. The molecule has 1 aromatic rings. The highest BCUT2D eigenvalue weighted by Crippen LogP contribution is 2.30. The van der Waals surface area contributed by atoms with Crippen molar-refractivity contribution in [1.82, 2.24) is 4.90 Å². The van der Waals surface area contributed by atoms with E-state index in [9.17, 15) is 5.11 Å². The van der Waals surface area contributed by atoms with Gasteiger partial charge < -0.3 is 5.11 Å². The van der Waals surface area contributed by atoms with Crippen molar-refractivity contribution >= 4 is 0 Å². The molecule has 0 bridgehead atoms. The molecule has 1 aliphatic heterocycles. The van der Waals surface area contributed by atoms with E-state index in [4.69, 9.17) is 0 Å². The Morgan fingerprint density at radius 2 is 1.74 bits per heavy atom. The number of fused-ring (bicyclic) bond motifs is 1. The molecule has 2 nitrogen and oxygen atoms in total. The van der Waals surface area contributed by atoms with Gasteiger partial charge in [0, 0.05) is 13.1 Å². The normalized spacial score (nSPS) is 23.6. The fourth-order valence-corrected chi connectivity index (χ4v) is 3.69. The molecule has 1 aromatic carbocycles. The first-order valence-corrected chi connectivity index (χ1v) is 7.77. The maximum absolute atomic E-state index is 10.7. The van der Waals surface area contributed by atoms with Crippen LogP contribution in [0.4, 0.5) is 0 Å². The molecule has 19 heavy (non-hydrogen) atoms. The summed E-state index contributed by atoms with van der Waals surface area (Å²) in [5, 5.41) is 10.7. The van der Waals surface area contributed by atoms with Gasteiger partial charge in [0.2, 0.25) is 0 Å². The van der Waals surface area contributed by atoms with E-state index < -0.39 is 5.60 Å². The van der Waals surface area contributed by atoms with Crippen LogP contribution in [0.2, 0.25) is 0 Å². The van der Waals surface area contributed by atoms with Crippen LogP contribution in [-0.4, -0.2) is 28.7 Å². The van der Waals surface area contributed by atoms with Gasteiger partial charge in [-0.2, -0.15) is 0 Å². The Kier molecular flexibility index (Phi) is 3.90. The van der Waals surface area contributed by atoms with Crippen molar-refractivity contribution < 1.29 is 5.11 Å². The minimum Gasteiger partial charge on any atom is -0.389 e. The van der Waals surface area contributed by atoms with Gasteiger partial charge in [0.1, 0.15) is 0 Å². The predicted octanol–water partition coefficient (Wildman–Crippen LogP) is 3.13. The van der Waals surface area contributed by atoms with Crippen LogP contribution >= 0.6 is 0 Å². The molecule has 2 aliphatic rings. The molecule has 1 heterocycles. The molecular formula is C17H25NO. The first kappa shape index (κ1) is 13.1. The minimum absolute atomic E-state index is 0.419. The third kappa shape index (κ3) is 3.18. The highest BCUT2D eigenvalue weighted by atomic mass is 16.3. The minimum atomic E-state index is -0.419. The summed E-state index contributed by atoms with van der Waals surface area (Å²) < 4.78 is 0. The Hall–Kier alpha value is -0.860. The van der Waals surface area contributed by atoms with E-state index in [1.807, 2.05) is 0 Å². The molecule has 0 amide bonds. The van der Waals surface area contributed by atoms with Crippen molar-refractivity contribution in [3.05, 3.63) is 35.4 Å². The van der Waals surface area contributed by atoms with Crippen LogP contribution in [0.5, 0.6) is 0 Å². The summed E-state index contributed by atoms with van der Waals surface area (Å²) >= 11 is 0. The Morgan fingerprint density at radius 1 is 1.00 bits per heavy atom. The summed E-state index contributed by atoms with van der Waals surface area (Å²) in [5.74, 6) is 0. The second-order valence-corrected chi connectivity index (χ2v) is 6.37. The number of hydrogen-bond donors (Lipinski definition) is 1. The third-order valence-corrected chi connectivity index (χ3v) is 4.73. The molecule has 2 heteroatoms. The standard InChI is InChI=1S/C17H25NO/c19-17(10-4-1-5-11-17)14-18-12-6-9-15-7-2-3-8-16(15)13-18/h2-3,7-8,19H,1,4-6,9-14H2. The largest absolute Gasteiger partial charge is 0.389 e. The smallest absolute Gasteiger partial charge is 0.0774 e. The van der Waals surface area contributed by atoms with Gasteiger partial charge in [0.25, 0.3) is 0 Å². The SMILES string of the molecule is OC1(CN2CCCc3ccccc3C2)CCCCC1. The van der Waals surface area contributed by atoms with E-state index in [1.54, 1.807) is 0 Å². The van der Waals surface area contributed by atoms with Crippen LogP contribution in [0.3, 0.4) is 0 Å². The summed E-state index contributed by atoms with van der Waals surface area (Å²) in [7, 11) is 0. The lowest BCUT2D eigenvalue weighted by molar-refractivity contribution is -0.0277. The zero-order chi connectivity index (χ0) is 13.1.